The summed E-state index contributed by atoms with van der Waals surface area (Å²) in [6.45, 7) is 3.93. The van der Waals surface area contributed by atoms with Crippen LogP contribution in [0.1, 0.15) is 21.7 Å². The molecule has 5 nitrogen and oxygen atoms in total. The van der Waals surface area contributed by atoms with Crippen LogP contribution < -0.4 is 5.32 Å². The van der Waals surface area contributed by atoms with Crippen molar-refractivity contribution in [3.8, 4) is 17.1 Å². The molecule has 4 rings (SSSR count). The van der Waals surface area contributed by atoms with Gasteiger partial charge < -0.3 is 5.32 Å². The predicted molar refractivity (Wildman–Crippen MR) is 116 cm³/mol. The molecule has 1 N–H and O–H groups in total. The van der Waals surface area contributed by atoms with Gasteiger partial charge in [0, 0.05) is 16.3 Å². The molecule has 150 valence electrons. The molecule has 1 heterocycles. The lowest BCUT2D eigenvalue weighted by Gasteiger charge is -2.09. The first-order valence-corrected chi connectivity index (χ1v) is 9.66. The number of hydrogen-bond donors (Lipinski definition) is 1. The number of anilines is 1. The molecular formula is C23H18ClFN4O. The molecule has 4 aromatic rings. The third-order valence-corrected chi connectivity index (χ3v) is 4.86. The van der Waals surface area contributed by atoms with E-state index in [1.54, 1.807) is 16.8 Å². The highest BCUT2D eigenvalue weighted by molar-refractivity contribution is 6.30. The zero-order chi connectivity index (χ0) is 21.3. The highest BCUT2D eigenvalue weighted by Gasteiger charge is 2.20. The van der Waals surface area contributed by atoms with Gasteiger partial charge in [0.2, 0.25) is 5.82 Å². The predicted octanol–water partition coefficient (Wildman–Crippen LogP) is 5.60. The number of carbonyl (C=O) groups is 1. The molecule has 7 heteroatoms. The van der Waals surface area contributed by atoms with Gasteiger partial charge in [-0.15, -0.1) is 5.10 Å². The van der Waals surface area contributed by atoms with Gasteiger partial charge in [-0.05, 0) is 55.8 Å². The monoisotopic (exact) mass is 420 g/mol. The molecular weight excluding hydrogens is 403 g/mol. The van der Waals surface area contributed by atoms with Gasteiger partial charge in [0.15, 0.2) is 5.82 Å². The first kappa shape index (κ1) is 19.8. The van der Waals surface area contributed by atoms with Crippen molar-refractivity contribution < 1.29 is 9.18 Å². The number of benzene rings is 3. The Hall–Kier alpha value is -3.51. The topological polar surface area (TPSA) is 59.8 Å². The number of carbonyl (C=O) groups excluding carboxylic acids is 1. The molecule has 0 radical (unpaired) electrons. The molecule has 0 spiro atoms. The molecule has 1 amide bonds. The van der Waals surface area contributed by atoms with E-state index in [1.807, 2.05) is 44.2 Å². The maximum Gasteiger partial charge on any atom is 0.295 e. The fraction of sp³-hybridized carbons (Fsp3) is 0.0870. The van der Waals surface area contributed by atoms with E-state index in [1.165, 1.54) is 24.3 Å². The maximum absolute atomic E-state index is 13.1. The summed E-state index contributed by atoms with van der Waals surface area (Å²) < 4.78 is 14.7. The van der Waals surface area contributed by atoms with E-state index < -0.39 is 5.91 Å². The Morgan fingerprint density at radius 3 is 2.40 bits per heavy atom. The van der Waals surface area contributed by atoms with Gasteiger partial charge in [0.05, 0.1) is 5.69 Å². The first-order valence-electron chi connectivity index (χ1n) is 9.28. The Morgan fingerprint density at radius 2 is 1.70 bits per heavy atom. The molecule has 1 aromatic heterocycles. The average Bonchev–Trinajstić information content (AvgIpc) is 3.17. The quantitative estimate of drug-likeness (QED) is 0.467. The molecule has 0 aliphatic carbocycles. The van der Waals surface area contributed by atoms with Gasteiger partial charge in [-0.2, -0.15) is 0 Å². The Labute approximate surface area is 178 Å². The summed E-state index contributed by atoms with van der Waals surface area (Å²) in [6, 6.07) is 18.8. The van der Waals surface area contributed by atoms with E-state index in [2.05, 4.69) is 15.4 Å². The Balaban J connectivity index is 1.79. The van der Waals surface area contributed by atoms with Crippen LogP contribution in [0.5, 0.6) is 0 Å². The summed E-state index contributed by atoms with van der Waals surface area (Å²) in [5.41, 5.74) is 4.04. The van der Waals surface area contributed by atoms with Crippen molar-refractivity contribution in [2.24, 2.45) is 0 Å². The molecule has 0 saturated heterocycles. The van der Waals surface area contributed by atoms with E-state index in [-0.39, 0.29) is 11.6 Å². The summed E-state index contributed by atoms with van der Waals surface area (Å²) in [4.78, 5) is 17.3. The zero-order valence-corrected chi connectivity index (χ0v) is 17.1. The highest BCUT2D eigenvalue weighted by atomic mass is 35.5. The standard InChI is InChI=1S/C23H18ClFN4O/c1-14-3-6-16(7-4-14)22-27-21(23(30)26-19-11-9-18(25)10-12-19)28-29(22)20-13-17(24)8-5-15(20)2/h3-13H,1-2H3,(H,26,30). The van der Waals surface area contributed by atoms with Crippen LogP contribution in [0.3, 0.4) is 0 Å². The number of amides is 1. The zero-order valence-electron chi connectivity index (χ0n) is 16.4. The normalized spacial score (nSPS) is 10.8. The number of nitrogens with one attached hydrogen (secondary N) is 1. The summed E-state index contributed by atoms with van der Waals surface area (Å²) in [5.74, 6) is -0.360. The van der Waals surface area contributed by atoms with E-state index in [4.69, 9.17) is 11.6 Å². The molecule has 0 aliphatic heterocycles. The summed E-state index contributed by atoms with van der Waals surface area (Å²) >= 11 is 6.20. The minimum Gasteiger partial charge on any atom is -0.319 e. The van der Waals surface area contributed by atoms with Crippen molar-refractivity contribution >= 4 is 23.2 Å². The van der Waals surface area contributed by atoms with Crippen LogP contribution in [0.15, 0.2) is 66.7 Å². The molecule has 30 heavy (non-hydrogen) atoms. The van der Waals surface area contributed by atoms with Crippen molar-refractivity contribution in [2.45, 2.75) is 13.8 Å². The van der Waals surface area contributed by atoms with E-state index >= 15 is 0 Å². The van der Waals surface area contributed by atoms with Gasteiger partial charge in [-0.3, -0.25) is 4.79 Å². The van der Waals surface area contributed by atoms with Gasteiger partial charge in [-0.1, -0.05) is 47.5 Å². The second-order valence-corrected chi connectivity index (χ2v) is 7.37. The second kappa shape index (κ2) is 8.08. The maximum atomic E-state index is 13.1. The SMILES string of the molecule is Cc1ccc(-c2nc(C(=O)Nc3ccc(F)cc3)nn2-c2cc(Cl)ccc2C)cc1. The van der Waals surface area contributed by atoms with Crippen LogP contribution in [0.25, 0.3) is 17.1 Å². The number of nitrogens with zero attached hydrogens (tertiary/aromatic N) is 3. The number of aryl methyl sites for hydroxylation is 2. The smallest absolute Gasteiger partial charge is 0.295 e. The van der Waals surface area contributed by atoms with Gasteiger partial charge in [-0.25, -0.2) is 14.1 Å². The van der Waals surface area contributed by atoms with Crippen molar-refractivity contribution in [2.75, 3.05) is 5.32 Å². The van der Waals surface area contributed by atoms with Crippen molar-refractivity contribution in [3.63, 3.8) is 0 Å². The van der Waals surface area contributed by atoms with Crippen LogP contribution in [0.2, 0.25) is 5.02 Å². The fourth-order valence-corrected chi connectivity index (χ4v) is 3.16. The highest BCUT2D eigenvalue weighted by Crippen LogP contribution is 2.26. The van der Waals surface area contributed by atoms with Crippen molar-refractivity contribution in [1.82, 2.24) is 14.8 Å². The van der Waals surface area contributed by atoms with Crippen molar-refractivity contribution in [1.29, 1.82) is 0 Å². The molecule has 0 saturated carbocycles. The molecule has 0 aliphatic rings. The molecule has 0 unspecified atom stereocenters. The van der Waals surface area contributed by atoms with Gasteiger partial charge >= 0.3 is 0 Å². The molecule has 0 atom stereocenters. The molecule has 0 bridgehead atoms. The minimum atomic E-state index is -0.492. The lowest BCUT2D eigenvalue weighted by atomic mass is 10.1. The van der Waals surface area contributed by atoms with E-state index in [9.17, 15) is 9.18 Å². The third-order valence-electron chi connectivity index (χ3n) is 4.62. The van der Waals surface area contributed by atoms with Gasteiger partial charge in [0.1, 0.15) is 5.82 Å². The summed E-state index contributed by atoms with van der Waals surface area (Å²) in [6.07, 6.45) is 0. The lowest BCUT2D eigenvalue weighted by molar-refractivity contribution is 0.101. The van der Waals surface area contributed by atoms with Crippen molar-refractivity contribution in [3.05, 3.63) is 94.5 Å². The van der Waals surface area contributed by atoms with Crippen LogP contribution >= 0.6 is 11.6 Å². The summed E-state index contributed by atoms with van der Waals surface area (Å²) in [7, 11) is 0. The summed E-state index contributed by atoms with van der Waals surface area (Å²) in [5, 5.41) is 7.70. The fourth-order valence-electron chi connectivity index (χ4n) is 3.00. The number of halogens is 2. The Kier molecular flexibility index (Phi) is 5.33. The minimum absolute atomic E-state index is 0.00530. The largest absolute Gasteiger partial charge is 0.319 e. The van der Waals surface area contributed by atoms with Gasteiger partial charge in [0.25, 0.3) is 5.91 Å². The second-order valence-electron chi connectivity index (χ2n) is 6.93. The first-order chi connectivity index (χ1) is 14.4. The third kappa shape index (κ3) is 4.09. The van der Waals surface area contributed by atoms with E-state index in [0.717, 1.165) is 22.4 Å². The Morgan fingerprint density at radius 1 is 1.00 bits per heavy atom. The Bertz CT molecular complexity index is 1220. The molecule has 3 aromatic carbocycles. The average molecular weight is 421 g/mol. The number of hydrogen-bond acceptors (Lipinski definition) is 3. The van der Waals surface area contributed by atoms with Crippen LogP contribution in [0, 0.1) is 19.7 Å². The van der Waals surface area contributed by atoms with Crippen LogP contribution in [-0.4, -0.2) is 20.7 Å². The number of rotatable bonds is 4. The van der Waals surface area contributed by atoms with E-state index in [0.29, 0.717) is 16.5 Å². The molecule has 0 fully saturated rings. The van der Waals surface area contributed by atoms with Crippen LogP contribution in [-0.2, 0) is 0 Å². The lowest BCUT2D eigenvalue weighted by Crippen LogP contribution is -2.14. The number of aromatic nitrogens is 3. The van der Waals surface area contributed by atoms with Crippen LogP contribution in [0.4, 0.5) is 10.1 Å².